The van der Waals surface area contributed by atoms with Gasteiger partial charge in [-0.15, -0.1) is 0 Å². The van der Waals surface area contributed by atoms with Crippen LogP contribution in [0.15, 0.2) is 94.9 Å². The molecule has 0 fully saturated rings. The van der Waals surface area contributed by atoms with Crippen LogP contribution in [0.25, 0.3) is 21.5 Å². The number of aliphatic imine (C=N–C) groups is 2. The topological polar surface area (TPSA) is 54.0 Å². The number of rotatable bonds is 2. The van der Waals surface area contributed by atoms with Crippen molar-refractivity contribution < 1.29 is 0 Å². The maximum absolute atomic E-state index is 6.64. The van der Waals surface area contributed by atoms with Crippen LogP contribution in [-0.4, -0.2) is 17.0 Å². The lowest BCUT2D eigenvalue weighted by molar-refractivity contribution is 1.31. The normalized spacial score (nSPS) is 16.7. The molecule has 2 N–H and O–H groups in total. The number of hydrogen-bond acceptors (Lipinski definition) is 4. The Bertz CT molecular complexity index is 1340. The molecule has 4 nitrogen and oxygen atoms in total. The number of nitrogens with two attached hydrogens (primary N) is 1. The summed E-state index contributed by atoms with van der Waals surface area (Å²) in [5, 5.41) is 5.22. The van der Waals surface area contributed by atoms with Crippen molar-refractivity contribution in [1.29, 1.82) is 0 Å². The van der Waals surface area contributed by atoms with Gasteiger partial charge in [0.1, 0.15) is 5.88 Å². The number of benzene rings is 4. The summed E-state index contributed by atoms with van der Waals surface area (Å²) in [6.45, 7) is 0. The second-order valence-corrected chi connectivity index (χ2v) is 11.7. The minimum absolute atomic E-state index is 0.272. The molecule has 1 atom stereocenters. The van der Waals surface area contributed by atoms with E-state index in [1.807, 2.05) is 47.4 Å². The molecule has 0 spiro atoms. The number of hydrogen-bond donors (Lipinski definition) is 1. The van der Waals surface area contributed by atoms with Gasteiger partial charge in [0.2, 0.25) is 5.96 Å². The molecular formula is C23H18N4S3. The summed E-state index contributed by atoms with van der Waals surface area (Å²) in [4.78, 5) is 11.5. The highest BCUT2D eigenvalue weighted by Gasteiger charge is 2.25. The minimum Gasteiger partial charge on any atom is -0.369 e. The standard InChI is InChI=1S/C23H18N4S3/c24-22(26-20-13-5-9-16-7-1-3-11-18(16)20)27(23-25-15-30(28)29-23)21-14-6-10-17-8-2-4-12-19(17)21/h1-14H,15H2,(H2,24,26). The summed E-state index contributed by atoms with van der Waals surface area (Å²) in [5.74, 6) is 1.00. The van der Waals surface area contributed by atoms with Gasteiger partial charge in [-0.2, -0.15) is 0 Å². The lowest BCUT2D eigenvalue weighted by atomic mass is 10.1. The van der Waals surface area contributed by atoms with E-state index in [2.05, 4.69) is 47.5 Å². The molecule has 5 rings (SSSR count). The molecular weight excluding hydrogens is 428 g/mol. The van der Waals surface area contributed by atoms with Gasteiger partial charge in [-0.3, -0.25) is 4.90 Å². The third-order valence-corrected chi connectivity index (χ3v) is 8.14. The largest absolute Gasteiger partial charge is 0.369 e. The molecule has 0 saturated carbocycles. The Morgan fingerprint density at radius 1 is 0.900 bits per heavy atom. The number of guanidine groups is 1. The van der Waals surface area contributed by atoms with Gasteiger partial charge in [0, 0.05) is 10.8 Å². The zero-order chi connectivity index (χ0) is 20.5. The molecule has 7 heteroatoms. The van der Waals surface area contributed by atoms with Crippen molar-refractivity contribution in [3.8, 4) is 0 Å². The average Bonchev–Trinajstić information content (AvgIpc) is 3.20. The lowest BCUT2D eigenvalue weighted by Crippen LogP contribution is -2.40. The van der Waals surface area contributed by atoms with Crippen molar-refractivity contribution in [3.63, 3.8) is 0 Å². The summed E-state index contributed by atoms with van der Waals surface area (Å²) >= 11 is 5.49. The molecule has 4 aromatic rings. The first-order valence-electron chi connectivity index (χ1n) is 9.42. The third-order valence-electron chi connectivity index (χ3n) is 4.90. The molecule has 148 valence electrons. The summed E-state index contributed by atoms with van der Waals surface area (Å²) in [6, 6.07) is 28.7. The molecule has 1 heterocycles. The first-order chi connectivity index (χ1) is 14.7. The second-order valence-electron chi connectivity index (χ2n) is 6.76. The van der Waals surface area contributed by atoms with E-state index in [1.54, 1.807) is 10.8 Å². The van der Waals surface area contributed by atoms with Gasteiger partial charge in [0.05, 0.1) is 11.4 Å². The van der Waals surface area contributed by atoms with E-state index >= 15 is 0 Å². The molecule has 0 aromatic heterocycles. The Kier molecular flexibility index (Phi) is 5.25. The molecule has 0 amide bonds. The van der Waals surface area contributed by atoms with Crippen LogP contribution in [0.4, 0.5) is 11.4 Å². The molecule has 30 heavy (non-hydrogen) atoms. The highest BCUT2D eigenvalue weighted by Crippen LogP contribution is 2.33. The number of nitrogens with zero attached hydrogens (tertiary/aromatic N) is 3. The van der Waals surface area contributed by atoms with Crippen LogP contribution in [0.1, 0.15) is 0 Å². The van der Waals surface area contributed by atoms with Crippen LogP contribution in [-0.2, 0) is 19.7 Å². The second kappa shape index (κ2) is 8.18. The lowest BCUT2D eigenvalue weighted by Gasteiger charge is -2.24. The maximum atomic E-state index is 6.64. The Balaban J connectivity index is 1.69. The van der Waals surface area contributed by atoms with E-state index in [9.17, 15) is 0 Å². The van der Waals surface area contributed by atoms with Crippen LogP contribution in [0, 0.1) is 0 Å². The van der Waals surface area contributed by atoms with E-state index in [1.165, 1.54) is 0 Å². The molecule has 0 saturated heterocycles. The van der Waals surface area contributed by atoms with Crippen LogP contribution in [0.2, 0.25) is 0 Å². The highest BCUT2D eigenvalue weighted by molar-refractivity contribution is 8.87. The first kappa shape index (κ1) is 19.2. The maximum Gasteiger partial charge on any atom is 0.207 e. The molecule has 1 aliphatic heterocycles. The van der Waals surface area contributed by atoms with Crippen molar-refractivity contribution in [2.75, 3.05) is 10.8 Å². The fraction of sp³-hybridized carbons (Fsp3) is 0.0435. The molecule has 1 unspecified atom stereocenters. The molecule has 0 bridgehead atoms. The Morgan fingerprint density at radius 2 is 1.53 bits per heavy atom. The third kappa shape index (κ3) is 3.60. The van der Waals surface area contributed by atoms with Gasteiger partial charge >= 0.3 is 0 Å². The predicted octanol–water partition coefficient (Wildman–Crippen LogP) is 5.50. The Morgan fingerprint density at radius 3 is 2.27 bits per heavy atom. The van der Waals surface area contributed by atoms with Crippen LogP contribution in [0.5, 0.6) is 0 Å². The van der Waals surface area contributed by atoms with Gasteiger partial charge in [-0.1, -0.05) is 72.8 Å². The molecule has 0 radical (unpaired) electrons. The van der Waals surface area contributed by atoms with E-state index in [0.29, 0.717) is 11.8 Å². The highest BCUT2D eigenvalue weighted by atomic mass is 33.3. The smallest absolute Gasteiger partial charge is 0.207 e. The van der Waals surface area contributed by atoms with Crippen LogP contribution in [0.3, 0.4) is 0 Å². The van der Waals surface area contributed by atoms with Crippen LogP contribution >= 0.6 is 10.8 Å². The number of anilines is 1. The summed E-state index contributed by atoms with van der Waals surface area (Å²) in [7, 11) is 1.31. The number of amidine groups is 1. The zero-order valence-corrected chi connectivity index (χ0v) is 18.4. The average molecular weight is 447 g/mol. The van der Waals surface area contributed by atoms with Crippen molar-refractivity contribution in [3.05, 3.63) is 84.9 Å². The van der Waals surface area contributed by atoms with Gasteiger partial charge in [-0.25, -0.2) is 9.98 Å². The SMILES string of the molecule is NC(=Nc1cccc2ccccc12)N(C1=NCS(=S)S1)c1cccc2ccccc12. The summed E-state index contributed by atoms with van der Waals surface area (Å²) < 4.78 is 0. The monoisotopic (exact) mass is 446 g/mol. The Hall–Kier alpha value is -2.74. The van der Waals surface area contributed by atoms with Crippen LogP contribution < -0.4 is 10.6 Å². The van der Waals surface area contributed by atoms with Crippen molar-refractivity contribution >= 4 is 74.5 Å². The molecule has 1 aliphatic rings. The van der Waals surface area contributed by atoms with Crippen molar-refractivity contribution in [2.45, 2.75) is 0 Å². The van der Waals surface area contributed by atoms with Gasteiger partial charge in [0.25, 0.3) is 0 Å². The quantitative estimate of drug-likeness (QED) is 0.251. The fourth-order valence-electron chi connectivity index (χ4n) is 3.56. The van der Waals surface area contributed by atoms with Crippen molar-refractivity contribution in [1.82, 2.24) is 0 Å². The van der Waals surface area contributed by atoms with E-state index in [4.69, 9.17) is 21.9 Å². The number of fused-ring (bicyclic) bond motifs is 2. The first-order valence-corrected chi connectivity index (χ1v) is 13.1. The minimum atomic E-state index is -0.272. The molecule has 4 aromatic carbocycles. The van der Waals surface area contributed by atoms with E-state index in [0.717, 1.165) is 38.1 Å². The summed E-state index contributed by atoms with van der Waals surface area (Å²) in [6.07, 6.45) is 0. The predicted molar refractivity (Wildman–Crippen MR) is 136 cm³/mol. The van der Waals surface area contributed by atoms with Gasteiger partial charge < -0.3 is 5.73 Å². The summed E-state index contributed by atoms with van der Waals surface area (Å²) in [5.41, 5.74) is 8.42. The molecule has 0 aliphatic carbocycles. The van der Waals surface area contributed by atoms with Crippen molar-refractivity contribution in [2.24, 2.45) is 15.7 Å². The van der Waals surface area contributed by atoms with Gasteiger partial charge in [-0.05, 0) is 53.4 Å². The fourth-order valence-corrected chi connectivity index (χ4v) is 6.37. The van der Waals surface area contributed by atoms with Gasteiger partial charge in [0.15, 0.2) is 5.17 Å². The van der Waals surface area contributed by atoms with E-state index in [-0.39, 0.29) is 8.49 Å². The zero-order valence-electron chi connectivity index (χ0n) is 15.9. The Labute approximate surface area is 185 Å². The van der Waals surface area contributed by atoms with E-state index < -0.39 is 0 Å².